The molecule has 0 saturated carbocycles. The van der Waals surface area contributed by atoms with Crippen molar-refractivity contribution in [1.82, 2.24) is 0 Å². The Labute approximate surface area is 102 Å². The highest BCUT2D eigenvalue weighted by Gasteiger charge is 2.28. The first-order valence-electron chi connectivity index (χ1n) is 6.19. The molecule has 0 aromatic heterocycles. The molecule has 1 heterocycles. The van der Waals surface area contributed by atoms with Crippen molar-refractivity contribution >= 4 is 5.97 Å². The molecule has 1 fully saturated rings. The maximum atomic E-state index is 11.7. The van der Waals surface area contributed by atoms with E-state index in [-0.39, 0.29) is 18.7 Å². The van der Waals surface area contributed by atoms with Gasteiger partial charge < -0.3 is 19.7 Å². The molecule has 0 radical (unpaired) electrons. The van der Waals surface area contributed by atoms with E-state index in [9.17, 15) is 15.0 Å². The number of aliphatic hydroxyl groups is 2. The molecule has 1 aliphatic rings. The number of ether oxygens (including phenoxy) is 2. The van der Waals surface area contributed by atoms with E-state index in [4.69, 9.17) is 9.47 Å². The molecule has 2 N–H and O–H groups in total. The van der Waals surface area contributed by atoms with Crippen molar-refractivity contribution in [3.8, 4) is 0 Å². The van der Waals surface area contributed by atoms with Gasteiger partial charge in [-0.2, -0.15) is 0 Å². The lowest BCUT2D eigenvalue weighted by Crippen LogP contribution is -2.30. The first-order valence-corrected chi connectivity index (χ1v) is 6.19. The van der Waals surface area contributed by atoms with Crippen LogP contribution in [0.5, 0.6) is 0 Å². The van der Waals surface area contributed by atoms with E-state index in [2.05, 4.69) is 0 Å². The lowest BCUT2D eigenvalue weighted by atomic mass is 9.98. The van der Waals surface area contributed by atoms with Crippen LogP contribution in [0, 0.1) is 5.92 Å². The molecule has 0 amide bonds. The molecule has 5 nitrogen and oxygen atoms in total. The summed E-state index contributed by atoms with van der Waals surface area (Å²) in [6.07, 6.45) is 0.568. The molecule has 0 aromatic rings. The fraction of sp³-hybridized carbons (Fsp3) is 0.917. The average molecular weight is 246 g/mol. The summed E-state index contributed by atoms with van der Waals surface area (Å²) < 4.78 is 10.3. The minimum absolute atomic E-state index is 0.156. The minimum Gasteiger partial charge on any atom is -0.463 e. The molecule has 0 aliphatic carbocycles. The second kappa shape index (κ2) is 6.93. The third-order valence-electron chi connectivity index (χ3n) is 2.96. The number of rotatable bonds is 6. The highest BCUT2D eigenvalue weighted by Crippen LogP contribution is 2.17. The van der Waals surface area contributed by atoms with Gasteiger partial charge >= 0.3 is 5.97 Å². The highest BCUT2D eigenvalue weighted by atomic mass is 16.6. The lowest BCUT2D eigenvalue weighted by molar-refractivity contribution is -0.155. The molecule has 100 valence electrons. The van der Waals surface area contributed by atoms with E-state index in [0.29, 0.717) is 19.4 Å². The molecule has 0 bridgehead atoms. The molecule has 1 rings (SSSR count). The number of hydrogen-bond acceptors (Lipinski definition) is 5. The molecule has 0 unspecified atom stereocenters. The third kappa shape index (κ3) is 4.61. The monoisotopic (exact) mass is 246 g/mol. The van der Waals surface area contributed by atoms with E-state index in [0.717, 1.165) is 6.42 Å². The fourth-order valence-corrected chi connectivity index (χ4v) is 1.95. The standard InChI is InChI=1S/C12H22O5/c1-3-4-11(8(2)13)12(15)17-7-10-5-9(14)6-16-10/h8-11,13-14H,3-7H2,1-2H3/t8-,9+,10+,11-/m1/s1. The van der Waals surface area contributed by atoms with Crippen molar-refractivity contribution in [2.45, 2.75) is 51.4 Å². The van der Waals surface area contributed by atoms with Crippen molar-refractivity contribution < 1.29 is 24.5 Å². The van der Waals surface area contributed by atoms with Gasteiger partial charge in [0.25, 0.3) is 0 Å². The van der Waals surface area contributed by atoms with Crippen molar-refractivity contribution in [2.24, 2.45) is 5.92 Å². The van der Waals surface area contributed by atoms with Gasteiger partial charge in [-0.3, -0.25) is 4.79 Å². The number of esters is 1. The Morgan fingerprint density at radius 3 is 2.76 bits per heavy atom. The van der Waals surface area contributed by atoms with Crippen LogP contribution >= 0.6 is 0 Å². The SMILES string of the molecule is CCC[C@@H](C(=O)OC[C@@H]1C[C@H](O)CO1)[C@@H](C)O. The summed E-state index contributed by atoms with van der Waals surface area (Å²) >= 11 is 0. The Hall–Kier alpha value is -0.650. The minimum atomic E-state index is -0.697. The predicted molar refractivity (Wildman–Crippen MR) is 61.4 cm³/mol. The first-order chi connectivity index (χ1) is 8.04. The van der Waals surface area contributed by atoms with E-state index in [1.165, 1.54) is 0 Å². The zero-order chi connectivity index (χ0) is 12.8. The van der Waals surface area contributed by atoms with Crippen LogP contribution in [-0.4, -0.2) is 47.7 Å². The Balaban J connectivity index is 2.31. The second-order valence-electron chi connectivity index (χ2n) is 4.61. The van der Waals surface area contributed by atoms with Crippen molar-refractivity contribution in [3.63, 3.8) is 0 Å². The summed E-state index contributed by atoms with van der Waals surface area (Å²) in [5.41, 5.74) is 0. The summed E-state index contributed by atoms with van der Waals surface area (Å²) in [5.74, 6) is -0.849. The molecular weight excluding hydrogens is 224 g/mol. The smallest absolute Gasteiger partial charge is 0.311 e. The summed E-state index contributed by atoms with van der Waals surface area (Å²) in [5, 5.41) is 18.7. The van der Waals surface area contributed by atoms with Crippen molar-refractivity contribution in [2.75, 3.05) is 13.2 Å². The van der Waals surface area contributed by atoms with E-state index in [1.807, 2.05) is 6.92 Å². The summed E-state index contributed by atoms with van der Waals surface area (Å²) in [7, 11) is 0. The predicted octanol–water partition coefficient (Wildman–Crippen LogP) is 0.477. The third-order valence-corrected chi connectivity index (χ3v) is 2.96. The number of carbonyl (C=O) groups excluding carboxylic acids is 1. The quantitative estimate of drug-likeness (QED) is 0.667. The molecule has 0 aromatic carbocycles. The zero-order valence-electron chi connectivity index (χ0n) is 10.5. The van der Waals surface area contributed by atoms with Crippen LogP contribution in [0.15, 0.2) is 0 Å². The van der Waals surface area contributed by atoms with Gasteiger partial charge in [-0.25, -0.2) is 0 Å². The van der Waals surface area contributed by atoms with Gasteiger partial charge in [-0.05, 0) is 13.3 Å². The Bertz CT molecular complexity index is 241. The molecule has 17 heavy (non-hydrogen) atoms. The van der Waals surface area contributed by atoms with E-state index < -0.39 is 18.1 Å². The van der Waals surface area contributed by atoms with Crippen LogP contribution in [0.1, 0.15) is 33.1 Å². The lowest BCUT2D eigenvalue weighted by Gasteiger charge is -2.19. The molecule has 0 spiro atoms. The average Bonchev–Trinajstić information content (AvgIpc) is 2.68. The van der Waals surface area contributed by atoms with Gasteiger partial charge in [0.2, 0.25) is 0 Å². The van der Waals surface area contributed by atoms with Crippen molar-refractivity contribution in [3.05, 3.63) is 0 Å². The number of carbonyl (C=O) groups is 1. The maximum Gasteiger partial charge on any atom is 0.311 e. The van der Waals surface area contributed by atoms with Crippen LogP contribution in [0.2, 0.25) is 0 Å². The Morgan fingerprint density at radius 2 is 2.29 bits per heavy atom. The molecular formula is C12H22O5. The molecule has 1 aliphatic heterocycles. The van der Waals surface area contributed by atoms with Crippen LogP contribution in [0.3, 0.4) is 0 Å². The number of aliphatic hydroxyl groups excluding tert-OH is 2. The van der Waals surface area contributed by atoms with E-state index in [1.54, 1.807) is 6.92 Å². The maximum absolute atomic E-state index is 11.7. The first kappa shape index (κ1) is 14.4. The topological polar surface area (TPSA) is 76.0 Å². The summed E-state index contributed by atoms with van der Waals surface area (Å²) in [6, 6.07) is 0. The van der Waals surface area contributed by atoms with E-state index >= 15 is 0 Å². The molecule has 1 saturated heterocycles. The van der Waals surface area contributed by atoms with Crippen LogP contribution in [-0.2, 0) is 14.3 Å². The summed E-state index contributed by atoms with van der Waals surface area (Å²) in [6.45, 7) is 4.01. The molecule has 5 heteroatoms. The van der Waals surface area contributed by atoms with Gasteiger partial charge in [0.15, 0.2) is 0 Å². The number of hydrogen-bond donors (Lipinski definition) is 2. The largest absolute Gasteiger partial charge is 0.463 e. The van der Waals surface area contributed by atoms with Gasteiger partial charge in [-0.1, -0.05) is 13.3 Å². The van der Waals surface area contributed by atoms with Gasteiger partial charge in [0.1, 0.15) is 6.61 Å². The normalized spacial score (nSPS) is 27.8. The van der Waals surface area contributed by atoms with Gasteiger partial charge in [0, 0.05) is 6.42 Å². The van der Waals surface area contributed by atoms with Crippen LogP contribution in [0.4, 0.5) is 0 Å². The fourth-order valence-electron chi connectivity index (χ4n) is 1.95. The Morgan fingerprint density at radius 1 is 1.59 bits per heavy atom. The summed E-state index contributed by atoms with van der Waals surface area (Å²) in [4.78, 5) is 11.7. The van der Waals surface area contributed by atoms with Gasteiger partial charge in [0.05, 0.1) is 30.8 Å². The van der Waals surface area contributed by atoms with Crippen molar-refractivity contribution in [1.29, 1.82) is 0 Å². The Kier molecular flexibility index (Phi) is 5.88. The van der Waals surface area contributed by atoms with Crippen LogP contribution in [0.25, 0.3) is 0 Å². The zero-order valence-corrected chi connectivity index (χ0v) is 10.5. The highest BCUT2D eigenvalue weighted by molar-refractivity contribution is 5.73. The molecule has 4 atom stereocenters. The van der Waals surface area contributed by atoms with Gasteiger partial charge in [-0.15, -0.1) is 0 Å². The second-order valence-corrected chi connectivity index (χ2v) is 4.61. The van der Waals surface area contributed by atoms with Crippen LogP contribution < -0.4 is 0 Å².